The van der Waals surface area contributed by atoms with E-state index < -0.39 is 11.4 Å². The van der Waals surface area contributed by atoms with Crippen molar-refractivity contribution in [3.05, 3.63) is 56.4 Å². The first-order chi connectivity index (χ1) is 11.0. The predicted molar refractivity (Wildman–Crippen MR) is 88.9 cm³/mol. The van der Waals surface area contributed by atoms with Crippen molar-refractivity contribution in [1.82, 2.24) is 19.9 Å². The van der Waals surface area contributed by atoms with Gasteiger partial charge in [0.15, 0.2) is 0 Å². The number of aryl methyl sites for hydroxylation is 1. The van der Waals surface area contributed by atoms with E-state index in [1.165, 1.54) is 4.57 Å². The number of nitrogens with zero attached hydrogens (tertiary/aromatic N) is 2. The molecule has 1 unspecified atom stereocenters. The second-order valence-corrected chi connectivity index (χ2v) is 5.97. The number of nitrogens with one attached hydrogen (secondary N) is 3. The summed E-state index contributed by atoms with van der Waals surface area (Å²) in [6, 6.07) is 7.86. The molecule has 3 N–H and O–H groups in total. The van der Waals surface area contributed by atoms with Crippen LogP contribution in [0.25, 0.3) is 0 Å². The number of anilines is 1. The average molecular weight is 315 g/mol. The maximum atomic E-state index is 12.2. The molecule has 1 aromatic carbocycles. The van der Waals surface area contributed by atoms with Gasteiger partial charge in [0, 0.05) is 6.54 Å². The Labute approximate surface area is 133 Å². The highest BCUT2D eigenvalue weighted by atomic mass is 16.2. The van der Waals surface area contributed by atoms with Gasteiger partial charge in [-0.1, -0.05) is 29.8 Å². The van der Waals surface area contributed by atoms with Crippen molar-refractivity contribution in [3.63, 3.8) is 0 Å². The van der Waals surface area contributed by atoms with Crippen LogP contribution in [0.1, 0.15) is 36.6 Å². The van der Waals surface area contributed by atoms with Gasteiger partial charge in [-0.3, -0.25) is 4.98 Å². The second-order valence-electron chi connectivity index (χ2n) is 5.97. The largest absolute Gasteiger partial charge is 0.355 e. The Hall–Kier alpha value is -2.41. The molecule has 122 valence electrons. The second kappa shape index (κ2) is 6.37. The smallest absolute Gasteiger partial charge is 0.349 e. The monoisotopic (exact) mass is 315 g/mol. The van der Waals surface area contributed by atoms with E-state index in [4.69, 9.17) is 0 Å². The predicted octanol–water partition coefficient (Wildman–Crippen LogP) is 0.948. The number of hydrogen-bond acceptors (Lipinski definition) is 5. The molecule has 0 bridgehead atoms. The molecule has 3 rings (SSSR count). The van der Waals surface area contributed by atoms with Crippen molar-refractivity contribution in [1.29, 1.82) is 0 Å². The zero-order valence-corrected chi connectivity index (χ0v) is 13.3. The summed E-state index contributed by atoms with van der Waals surface area (Å²) >= 11 is 0. The minimum atomic E-state index is -0.513. The Morgan fingerprint density at radius 2 is 2.22 bits per heavy atom. The number of hydrogen-bond donors (Lipinski definition) is 3. The van der Waals surface area contributed by atoms with E-state index in [2.05, 4.69) is 26.7 Å². The highest BCUT2D eigenvalue weighted by Crippen LogP contribution is 2.17. The Bertz CT molecular complexity index is 773. The summed E-state index contributed by atoms with van der Waals surface area (Å²) < 4.78 is 1.20. The molecule has 1 saturated heterocycles. The van der Waals surface area contributed by atoms with Crippen LogP contribution >= 0.6 is 0 Å². The minimum absolute atomic E-state index is 0.0681. The third kappa shape index (κ3) is 3.34. The van der Waals surface area contributed by atoms with Crippen molar-refractivity contribution in [2.45, 2.75) is 32.4 Å². The molecular weight excluding hydrogens is 294 g/mol. The zero-order valence-electron chi connectivity index (χ0n) is 13.3. The number of aromatic amines is 1. The van der Waals surface area contributed by atoms with Gasteiger partial charge in [0.2, 0.25) is 5.95 Å². The maximum Gasteiger partial charge on any atom is 0.355 e. The normalized spacial score (nSPS) is 18.8. The first-order valence-electron chi connectivity index (χ1n) is 7.81. The number of benzene rings is 1. The summed E-state index contributed by atoms with van der Waals surface area (Å²) in [5, 5.41) is 6.23. The van der Waals surface area contributed by atoms with Crippen LogP contribution in [-0.4, -0.2) is 27.6 Å². The van der Waals surface area contributed by atoms with Crippen molar-refractivity contribution >= 4 is 5.95 Å². The van der Waals surface area contributed by atoms with Crippen LogP contribution in [0.15, 0.2) is 33.9 Å². The summed E-state index contributed by atoms with van der Waals surface area (Å²) in [6.45, 7) is 5.41. The molecule has 0 aliphatic carbocycles. The van der Waals surface area contributed by atoms with E-state index in [1.54, 1.807) is 0 Å². The third-order valence-corrected chi connectivity index (χ3v) is 4.15. The fourth-order valence-electron chi connectivity index (χ4n) is 2.90. The SMILES string of the molecule is Cc1cccc([C@H](C)Nc2nc(=O)n(C3CCNC3)c(=O)[nH]2)c1. The van der Waals surface area contributed by atoms with Gasteiger partial charge in [-0.05, 0) is 32.4 Å². The lowest BCUT2D eigenvalue weighted by Gasteiger charge is -2.16. The molecule has 0 radical (unpaired) electrons. The lowest BCUT2D eigenvalue weighted by molar-refractivity contribution is 0.490. The average Bonchev–Trinajstić information content (AvgIpc) is 3.00. The molecule has 1 fully saturated rings. The Kier molecular flexibility index (Phi) is 4.29. The molecule has 1 aliphatic heterocycles. The topological polar surface area (TPSA) is 91.8 Å². The molecule has 7 heteroatoms. The summed E-state index contributed by atoms with van der Waals surface area (Å²) in [4.78, 5) is 31.0. The molecule has 1 aromatic heterocycles. The molecule has 2 atom stereocenters. The quantitative estimate of drug-likeness (QED) is 0.781. The molecule has 7 nitrogen and oxygen atoms in total. The fraction of sp³-hybridized carbons (Fsp3) is 0.438. The molecular formula is C16H21N5O2. The van der Waals surface area contributed by atoms with E-state index in [0.717, 1.165) is 24.1 Å². The highest BCUT2D eigenvalue weighted by Gasteiger charge is 2.21. The zero-order chi connectivity index (χ0) is 16.4. The van der Waals surface area contributed by atoms with Gasteiger partial charge in [-0.25, -0.2) is 14.2 Å². The van der Waals surface area contributed by atoms with Crippen LogP contribution in [-0.2, 0) is 0 Å². The maximum absolute atomic E-state index is 12.2. The summed E-state index contributed by atoms with van der Waals surface area (Å²) in [5.41, 5.74) is 1.29. The Morgan fingerprint density at radius 1 is 1.39 bits per heavy atom. The lowest BCUT2D eigenvalue weighted by atomic mass is 10.1. The van der Waals surface area contributed by atoms with Gasteiger partial charge in [0.05, 0.1) is 12.1 Å². The van der Waals surface area contributed by atoms with Gasteiger partial charge >= 0.3 is 11.4 Å². The first-order valence-corrected chi connectivity index (χ1v) is 7.81. The Balaban J connectivity index is 1.84. The number of rotatable bonds is 4. The van der Waals surface area contributed by atoms with Gasteiger partial charge in [-0.2, -0.15) is 4.98 Å². The van der Waals surface area contributed by atoms with E-state index >= 15 is 0 Å². The molecule has 0 saturated carbocycles. The highest BCUT2D eigenvalue weighted by molar-refractivity contribution is 5.32. The van der Waals surface area contributed by atoms with Crippen LogP contribution in [0.5, 0.6) is 0 Å². The van der Waals surface area contributed by atoms with Crippen LogP contribution in [0.2, 0.25) is 0 Å². The fourth-order valence-corrected chi connectivity index (χ4v) is 2.90. The van der Waals surface area contributed by atoms with Crippen LogP contribution in [0, 0.1) is 6.92 Å². The molecule has 0 amide bonds. The van der Waals surface area contributed by atoms with Crippen molar-refractivity contribution in [3.8, 4) is 0 Å². The van der Waals surface area contributed by atoms with E-state index in [0.29, 0.717) is 6.54 Å². The lowest BCUT2D eigenvalue weighted by Crippen LogP contribution is -2.41. The van der Waals surface area contributed by atoms with E-state index in [9.17, 15) is 9.59 Å². The van der Waals surface area contributed by atoms with Gasteiger partial charge in [0.25, 0.3) is 0 Å². The van der Waals surface area contributed by atoms with Crippen LogP contribution < -0.4 is 22.0 Å². The molecule has 2 aromatic rings. The van der Waals surface area contributed by atoms with Crippen LogP contribution in [0.3, 0.4) is 0 Å². The minimum Gasteiger partial charge on any atom is -0.349 e. The molecule has 2 heterocycles. The molecule has 23 heavy (non-hydrogen) atoms. The summed E-state index contributed by atoms with van der Waals surface area (Å²) in [6.07, 6.45) is 0.761. The van der Waals surface area contributed by atoms with Gasteiger partial charge in [0.1, 0.15) is 0 Å². The van der Waals surface area contributed by atoms with E-state index in [-0.39, 0.29) is 18.0 Å². The van der Waals surface area contributed by atoms with Crippen molar-refractivity contribution in [2.24, 2.45) is 0 Å². The molecule has 0 spiro atoms. The summed E-state index contributed by atoms with van der Waals surface area (Å²) in [7, 11) is 0. The van der Waals surface area contributed by atoms with Crippen molar-refractivity contribution in [2.75, 3.05) is 18.4 Å². The van der Waals surface area contributed by atoms with Gasteiger partial charge < -0.3 is 10.6 Å². The van der Waals surface area contributed by atoms with E-state index in [1.807, 2.05) is 32.0 Å². The molecule has 1 aliphatic rings. The standard InChI is InChI=1S/C16H21N5O2/c1-10-4-3-5-12(8-10)11(2)18-14-19-15(22)21(16(23)20-14)13-6-7-17-9-13/h3-5,8,11,13,17H,6-7,9H2,1-2H3,(H2,18,19,20,22,23)/t11-,13?/m0/s1. The summed E-state index contributed by atoms with van der Waals surface area (Å²) in [5.74, 6) is 0.205. The van der Waals surface area contributed by atoms with Gasteiger partial charge in [-0.15, -0.1) is 0 Å². The number of H-pyrrole nitrogens is 1. The Morgan fingerprint density at radius 3 is 2.87 bits per heavy atom. The first kappa shape index (κ1) is 15.5. The van der Waals surface area contributed by atoms with Crippen LogP contribution in [0.4, 0.5) is 5.95 Å². The third-order valence-electron chi connectivity index (χ3n) is 4.15. The number of aromatic nitrogens is 3. The van der Waals surface area contributed by atoms with Crippen molar-refractivity contribution < 1.29 is 0 Å².